The van der Waals surface area contributed by atoms with E-state index in [4.69, 9.17) is 10.5 Å². The zero-order valence-corrected chi connectivity index (χ0v) is 21.8. The number of carbonyl (C=O) groups is 2. The van der Waals surface area contributed by atoms with Crippen LogP contribution in [-0.4, -0.2) is 17.2 Å². The number of aryl methyl sites for hydroxylation is 1. The first-order valence-corrected chi connectivity index (χ1v) is 13.0. The summed E-state index contributed by atoms with van der Waals surface area (Å²) in [5.74, 6) is -0.0692. The van der Waals surface area contributed by atoms with Gasteiger partial charge in [0.1, 0.15) is 22.8 Å². The predicted octanol–water partition coefficient (Wildman–Crippen LogP) is 5.05. The molecule has 3 aliphatic heterocycles. The van der Waals surface area contributed by atoms with Crippen molar-refractivity contribution in [2.45, 2.75) is 76.2 Å². The van der Waals surface area contributed by atoms with Gasteiger partial charge in [-0.3, -0.25) is 9.59 Å². The van der Waals surface area contributed by atoms with Crippen molar-refractivity contribution in [3.8, 4) is 6.07 Å². The van der Waals surface area contributed by atoms with Gasteiger partial charge < -0.3 is 15.4 Å². The van der Waals surface area contributed by atoms with Crippen LogP contribution in [0, 0.1) is 11.3 Å². The minimum Gasteiger partial charge on any atom is -0.444 e. The molecule has 0 unspecified atom stereocenters. The molecule has 0 bridgehead atoms. The normalized spacial score (nSPS) is 27.7. The van der Waals surface area contributed by atoms with E-state index in [1.54, 1.807) is 0 Å². The van der Waals surface area contributed by atoms with Crippen molar-refractivity contribution in [3.63, 3.8) is 0 Å². The summed E-state index contributed by atoms with van der Waals surface area (Å²) >= 11 is 0. The molecule has 2 aromatic rings. The number of ether oxygens (including phenoxy) is 1. The third-order valence-electron chi connectivity index (χ3n) is 8.83. The molecule has 2 N–H and O–H groups in total. The molecule has 0 fully saturated rings. The lowest BCUT2D eigenvalue weighted by Crippen LogP contribution is -2.58. The number of hydrogen-bond acceptors (Lipinski definition) is 5. The van der Waals surface area contributed by atoms with E-state index in [0.29, 0.717) is 42.6 Å². The molecule has 2 atom stereocenters. The van der Waals surface area contributed by atoms with E-state index in [1.807, 2.05) is 29.2 Å². The lowest BCUT2D eigenvalue weighted by molar-refractivity contribution is -0.125. The van der Waals surface area contributed by atoms with Crippen molar-refractivity contribution in [3.05, 3.63) is 87.5 Å². The SMILES string of the molecule is CCc1cc2c3c(c1)[C@](C)(c1ccccc1)CC(C)(C)N3C(=O)[C@@]21C(C#N)=C(N)OC2=C1C(=O)CCC2. The highest BCUT2D eigenvalue weighted by Crippen LogP contribution is 2.63. The first kappa shape index (κ1) is 23.5. The Hall–Kier alpha value is -3.85. The summed E-state index contributed by atoms with van der Waals surface area (Å²) in [6.45, 7) is 8.46. The van der Waals surface area contributed by atoms with Crippen molar-refractivity contribution in [1.82, 2.24) is 0 Å². The van der Waals surface area contributed by atoms with Crippen molar-refractivity contribution in [1.29, 1.82) is 5.26 Å². The number of hydrogen-bond donors (Lipinski definition) is 1. The summed E-state index contributed by atoms with van der Waals surface area (Å²) in [7, 11) is 0. The number of benzene rings is 2. The molecule has 6 nitrogen and oxygen atoms in total. The molecule has 6 heteroatoms. The van der Waals surface area contributed by atoms with Gasteiger partial charge in [0.05, 0.1) is 11.3 Å². The van der Waals surface area contributed by atoms with E-state index in [-0.39, 0.29) is 28.6 Å². The zero-order chi connectivity index (χ0) is 26.3. The van der Waals surface area contributed by atoms with Gasteiger partial charge in [-0.1, -0.05) is 56.3 Å². The number of carbonyl (C=O) groups excluding carboxylic acids is 2. The average molecular weight is 494 g/mol. The van der Waals surface area contributed by atoms with Crippen LogP contribution in [0.5, 0.6) is 0 Å². The molecule has 0 radical (unpaired) electrons. The molecule has 0 saturated heterocycles. The molecule has 37 heavy (non-hydrogen) atoms. The molecule has 6 rings (SSSR count). The van der Waals surface area contributed by atoms with Gasteiger partial charge in [-0.25, -0.2) is 0 Å². The second kappa shape index (κ2) is 7.58. The Balaban J connectivity index is 1.78. The van der Waals surface area contributed by atoms with Gasteiger partial charge in [-0.05, 0) is 49.8 Å². The largest absolute Gasteiger partial charge is 0.444 e. The van der Waals surface area contributed by atoms with Gasteiger partial charge >= 0.3 is 0 Å². The van der Waals surface area contributed by atoms with Gasteiger partial charge in [0.25, 0.3) is 0 Å². The predicted molar refractivity (Wildman–Crippen MR) is 140 cm³/mol. The number of fused-ring (bicyclic) bond motifs is 2. The number of ketones is 1. The monoisotopic (exact) mass is 493 g/mol. The Bertz CT molecular complexity index is 1490. The Morgan fingerprint density at radius 3 is 2.46 bits per heavy atom. The van der Waals surface area contributed by atoms with Crippen molar-refractivity contribution in [2.75, 3.05) is 4.90 Å². The van der Waals surface area contributed by atoms with Crippen LogP contribution in [0.4, 0.5) is 5.69 Å². The van der Waals surface area contributed by atoms with Gasteiger partial charge in [0.2, 0.25) is 11.8 Å². The van der Waals surface area contributed by atoms with Crippen molar-refractivity contribution < 1.29 is 14.3 Å². The summed E-state index contributed by atoms with van der Waals surface area (Å²) in [6.07, 6.45) is 2.89. The van der Waals surface area contributed by atoms with Crippen LogP contribution < -0.4 is 10.6 Å². The lowest BCUT2D eigenvalue weighted by atomic mass is 9.63. The molecule has 4 aliphatic rings. The summed E-state index contributed by atoms with van der Waals surface area (Å²) in [5, 5.41) is 10.4. The fraction of sp³-hybridized carbons (Fsp3) is 0.387. The Kier molecular flexibility index (Phi) is 4.82. The van der Waals surface area contributed by atoms with E-state index >= 15 is 0 Å². The molecular formula is C31H31N3O3. The smallest absolute Gasteiger partial charge is 0.248 e. The summed E-state index contributed by atoms with van der Waals surface area (Å²) in [5.41, 5.74) is 8.88. The first-order valence-electron chi connectivity index (χ1n) is 13.0. The van der Waals surface area contributed by atoms with Crippen LogP contribution in [0.1, 0.15) is 75.6 Å². The average Bonchev–Trinajstić information content (AvgIpc) is 3.12. The molecule has 1 spiro atoms. The van der Waals surface area contributed by atoms with Crippen LogP contribution in [0.25, 0.3) is 0 Å². The molecule has 1 aliphatic carbocycles. The van der Waals surface area contributed by atoms with E-state index in [2.05, 4.69) is 52.0 Å². The van der Waals surface area contributed by atoms with Gasteiger partial charge in [0.15, 0.2) is 5.78 Å². The minimum atomic E-state index is -1.58. The maximum atomic E-state index is 14.9. The standard InChI is InChI=1S/C31H31N3O3/c1-5-18-14-20-26-21(15-18)31(22(16-32)27(33)37-24-13-9-12-23(35)25(24)31)28(36)34(26)29(2,3)17-30(20,4)19-10-7-6-8-11-19/h6-8,10-11,14-15H,5,9,12-13,17,33H2,1-4H3/t30-,31+/m0/s1. The van der Waals surface area contributed by atoms with Crippen molar-refractivity contribution in [2.24, 2.45) is 5.73 Å². The van der Waals surface area contributed by atoms with E-state index in [9.17, 15) is 14.9 Å². The topological polar surface area (TPSA) is 96.4 Å². The van der Waals surface area contributed by atoms with Crippen LogP contribution in [0.15, 0.2) is 65.3 Å². The van der Waals surface area contributed by atoms with Crippen LogP contribution >= 0.6 is 0 Å². The maximum absolute atomic E-state index is 14.9. The van der Waals surface area contributed by atoms with Gasteiger partial charge in [-0.2, -0.15) is 5.26 Å². The Morgan fingerprint density at radius 1 is 1.08 bits per heavy atom. The quantitative estimate of drug-likeness (QED) is 0.631. The first-order chi connectivity index (χ1) is 17.6. The zero-order valence-electron chi connectivity index (χ0n) is 21.8. The summed E-state index contributed by atoms with van der Waals surface area (Å²) < 4.78 is 5.87. The van der Waals surface area contributed by atoms with E-state index < -0.39 is 11.0 Å². The Morgan fingerprint density at radius 2 is 1.78 bits per heavy atom. The molecule has 0 aromatic heterocycles. The number of rotatable bonds is 2. The number of amides is 1. The number of nitrogens with zero attached hydrogens (tertiary/aromatic N) is 2. The highest BCUT2D eigenvalue weighted by Gasteiger charge is 2.66. The summed E-state index contributed by atoms with van der Waals surface area (Å²) in [6, 6.07) is 16.8. The minimum absolute atomic E-state index is 0.0218. The number of nitriles is 1. The molecule has 2 aromatic carbocycles. The number of nitrogens with two attached hydrogens (primary N) is 1. The molecule has 1 amide bonds. The van der Waals surface area contributed by atoms with Crippen molar-refractivity contribution >= 4 is 17.4 Å². The fourth-order valence-electron chi connectivity index (χ4n) is 7.36. The van der Waals surface area contributed by atoms with Gasteiger partial charge in [-0.15, -0.1) is 0 Å². The number of anilines is 1. The van der Waals surface area contributed by atoms with Crippen LogP contribution in [-0.2, 0) is 31.6 Å². The number of allylic oxidation sites excluding steroid dienone is 1. The highest BCUT2D eigenvalue weighted by atomic mass is 16.5. The lowest BCUT2D eigenvalue weighted by Gasteiger charge is -2.50. The molecule has 0 saturated carbocycles. The fourth-order valence-corrected chi connectivity index (χ4v) is 7.36. The highest BCUT2D eigenvalue weighted by molar-refractivity contribution is 6.21. The van der Waals surface area contributed by atoms with E-state index in [0.717, 1.165) is 23.2 Å². The molecular weight excluding hydrogens is 462 g/mol. The third-order valence-corrected chi connectivity index (χ3v) is 8.83. The number of Topliss-reactive ketones (excluding diaryl/α,β-unsaturated/α-hetero) is 1. The molecule has 3 heterocycles. The second-order valence-corrected chi connectivity index (χ2v) is 11.5. The van der Waals surface area contributed by atoms with Crippen LogP contribution in [0.2, 0.25) is 0 Å². The van der Waals surface area contributed by atoms with Crippen LogP contribution in [0.3, 0.4) is 0 Å². The summed E-state index contributed by atoms with van der Waals surface area (Å²) in [4.78, 5) is 30.3. The van der Waals surface area contributed by atoms with Gasteiger partial charge in [0, 0.05) is 29.4 Å². The maximum Gasteiger partial charge on any atom is 0.248 e. The third kappa shape index (κ3) is 2.80. The molecule has 188 valence electrons. The second-order valence-electron chi connectivity index (χ2n) is 11.5. The Labute approximate surface area is 217 Å². The van der Waals surface area contributed by atoms with E-state index in [1.165, 1.54) is 5.56 Å².